The van der Waals surface area contributed by atoms with E-state index in [1.165, 1.54) is 103 Å². The van der Waals surface area contributed by atoms with Crippen LogP contribution in [-0.2, 0) is 27.9 Å². The van der Waals surface area contributed by atoms with Crippen LogP contribution in [0.1, 0.15) is 271 Å². The van der Waals surface area contributed by atoms with Crippen LogP contribution in [0.4, 0.5) is 0 Å². The zero-order valence-electron chi connectivity index (χ0n) is 53.7. The number of esters is 1. The Morgan fingerprint density at radius 3 is 1.20 bits per heavy atom. The van der Waals surface area contributed by atoms with Gasteiger partial charge in [0.25, 0.3) is 0 Å². The molecule has 82 heavy (non-hydrogen) atoms. The van der Waals surface area contributed by atoms with Crippen LogP contribution >= 0.6 is 7.82 Å². The van der Waals surface area contributed by atoms with Gasteiger partial charge in [-0.15, -0.1) is 0 Å². The second kappa shape index (κ2) is 60.5. The van der Waals surface area contributed by atoms with Gasteiger partial charge in [-0.2, -0.15) is 0 Å². The van der Waals surface area contributed by atoms with E-state index in [9.17, 15) is 19.0 Å². The van der Waals surface area contributed by atoms with Gasteiger partial charge in [-0.05, 0) is 122 Å². The Labute approximate surface area is 505 Å². The third-order valence-corrected chi connectivity index (χ3v) is 15.1. The fourth-order valence-corrected chi connectivity index (χ4v) is 9.74. The zero-order valence-corrected chi connectivity index (χ0v) is 54.6. The van der Waals surface area contributed by atoms with Crippen LogP contribution in [-0.4, -0.2) is 74.3 Å². The molecule has 1 amide bonds. The summed E-state index contributed by atoms with van der Waals surface area (Å²) in [7, 11) is 1.46. The van der Waals surface area contributed by atoms with Crippen LogP contribution in [0.15, 0.2) is 122 Å². The van der Waals surface area contributed by atoms with E-state index in [1.807, 2.05) is 33.3 Å². The SMILES string of the molecule is CC/C=C\C/C=C\C/C=C\C/C=C\C/C=C\C/C=C\CCCCCCC(=O)NC(COP(=O)(O)OCC[N+](C)(C)C)C(/C=C/CCCCCCCCCCCC)OC(=O)CCCCCCCCCC/C=C\C/C=C\C/C=C\CCCCC. The number of nitrogens with one attached hydrogen (secondary N) is 1. The third kappa shape index (κ3) is 61.0. The molecule has 0 bridgehead atoms. The van der Waals surface area contributed by atoms with Crippen LogP contribution in [0, 0.1) is 0 Å². The lowest BCUT2D eigenvalue weighted by molar-refractivity contribution is -0.870. The Balaban J connectivity index is 5.25. The molecule has 0 aromatic heterocycles. The maximum atomic E-state index is 13.6. The number of amides is 1. The summed E-state index contributed by atoms with van der Waals surface area (Å²) in [6, 6.07) is -0.874. The van der Waals surface area contributed by atoms with E-state index in [1.54, 1.807) is 0 Å². The molecular weight excluding hydrogens is 1040 g/mol. The van der Waals surface area contributed by atoms with Crippen LogP contribution in [0.3, 0.4) is 0 Å². The summed E-state index contributed by atoms with van der Waals surface area (Å²) in [6.07, 6.45) is 84.8. The standard InChI is InChI=1S/C72H125N2O7P/c1-7-10-13-16-19-22-25-28-30-32-34-36-37-39-40-42-44-46-49-52-55-58-61-64-71(75)73-69(68-80-82(77,78)79-67-66-74(4,5)6)70(63-60-57-54-51-48-27-24-21-18-15-12-9-3)81-72(76)65-62-59-56-53-50-47-45-43-41-38-35-33-31-29-26-23-20-17-14-11-8-2/h10,13,19-20,22-23,28-31,34-36,38-40,44,46,60,63,69-70H,7-9,11-12,14-18,21,24-27,32-33,37,41-43,45,47-59,61-62,64-68H2,1-6H3,(H-,73,75,77,78)/p+1/b13-10-,22-19-,23-20-,30-28-,31-29-,36-34-,38-35-,40-39-,46-44-,63-60+. The number of hydrogen-bond donors (Lipinski definition) is 2. The van der Waals surface area contributed by atoms with Crippen molar-refractivity contribution in [1.29, 1.82) is 0 Å². The van der Waals surface area contributed by atoms with Gasteiger partial charge in [0.15, 0.2) is 0 Å². The lowest BCUT2D eigenvalue weighted by Crippen LogP contribution is -2.47. The molecule has 9 nitrogen and oxygen atoms in total. The van der Waals surface area contributed by atoms with Crippen LogP contribution in [0.25, 0.3) is 0 Å². The minimum atomic E-state index is -4.47. The minimum Gasteiger partial charge on any atom is -0.456 e. The third-order valence-electron chi connectivity index (χ3n) is 14.1. The maximum absolute atomic E-state index is 13.6. The van der Waals surface area contributed by atoms with Crippen LogP contribution < -0.4 is 5.32 Å². The molecule has 0 aliphatic heterocycles. The Bertz CT molecular complexity index is 1820. The largest absolute Gasteiger partial charge is 0.472 e. The number of carbonyl (C=O) groups is 2. The summed E-state index contributed by atoms with van der Waals surface area (Å²) < 4.78 is 30.7. The lowest BCUT2D eigenvalue weighted by atomic mass is 10.0. The quantitative estimate of drug-likeness (QED) is 0.0205. The van der Waals surface area contributed by atoms with Crippen molar-refractivity contribution in [2.75, 3.05) is 40.9 Å². The molecule has 0 heterocycles. The van der Waals surface area contributed by atoms with Crippen molar-refractivity contribution in [1.82, 2.24) is 5.32 Å². The topological polar surface area (TPSA) is 111 Å². The van der Waals surface area contributed by atoms with Crippen molar-refractivity contribution in [2.45, 2.75) is 283 Å². The van der Waals surface area contributed by atoms with Crippen molar-refractivity contribution in [3.63, 3.8) is 0 Å². The van der Waals surface area contributed by atoms with Crippen molar-refractivity contribution in [3.05, 3.63) is 122 Å². The first-order chi connectivity index (χ1) is 39.9. The number of unbranched alkanes of at least 4 members (excludes halogenated alkanes) is 25. The normalized spacial score (nSPS) is 14.4. The number of carbonyl (C=O) groups excluding carboxylic acids is 2. The van der Waals surface area contributed by atoms with Gasteiger partial charge >= 0.3 is 13.8 Å². The molecule has 10 heteroatoms. The molecule has 2 N–H and O–H groups in total. The zero-order chi connectivity index (χ0) is 60.0. The van der Waals surface area contributed by atoms with Crippen molar-refractivity contribution in [3.8, 4) is 0 Å². The van der Waals surface area contributed by atoms with Gasteiger partial charge in [0.05, 0.1) is 33.8 Å². The first-order valence-corrected chi connectivity index (χ1v) is 34.9. The van der Waals surface area contributed by atoms with E-state index in [-0.39, 0.29) is 31.5 Å². The van der Waals surface area contributed by atoms with Gasteiger partial charge in [-0.25, -0.2) is 4.57 Å². The van der Waals surface area contributed by atoms with E-state index >= 15 is 0 Å². The van der Waals surface area contributed by atoms with Gasteiger partial charge < -0.3 is 19.4 Å². The fraction of sp³-hybridized carbons (Fsp3) is 0.694. The molecule has 0 saturated heterocycles. The summed E-state index contributed by atoms with van der Waals surface area (Å²) in [5, 5.41) is 3.05. The van der Waals surface area contributed by atoms with Gasteiger partial charge in [0, 0.05) is 12.8 Å². The molecule has 470 valence electrons. The Kier molecular flexibility index (Phi) is 57.9. The predicted molar refractivity (Wildman–Crippen MR) is 355 cm³/mol. The molecule has 0 aliphatic rings. The predicted octanol–water partition coefficient (Wildman–Crippen LogP) is 21.1. The number of nitrogens with zero attached hydrogens (tertiary/aromatic N) is 1. The van der Waals surface area contributed by atoms with E-state index in [4.69, 9.17) is 13.8 Å². The van der Waals surface area contributed by atoms with Gasteiger partial charge in [-0.1, -0.05) is 258 Å². The second-order valence-electron chi connectivity index (χ2n) is 23.3. The summed E-state index contributed by atoms with van der Waals surface area (Å²) >= 11 is 0. The summed E-state index contributed by atoms with van der Waals surface area (Å²) in [5.41, 5.74) is 0. The van der Waals surface area contributed by atoms with E-state index in [0.29, 0.717) is 23.9 Å². The molecule has 0 saturated carbocycles. The minimum absolute atomic E-state index is 0.0272. The highest BCUT2D eigenvalue weighted by molar-refractivity contribution is 7.47. The van der Waals surface area contributed by atoms with Crippen LogP contribution in [0.5, 0.6) is 0 Å². The second-order valence-corrected chi connectivity index (χ2v) is 24.7. The maximum Gasteiger partial charge on any atom is 0.472 e. The highest BCUT2D eigenvalue weighted by atomic mass is 31.2. The van der Waals surface area contributed by atoms with E-state index < -0.39 is 20.0 Å². The molecule has 3 unspecified atom stereocenters. The van der Waals surface area contributed by atoms with E-state index in [2.05, 4.69) is 135 Å². The Morgan fingerprint density at radius 2 is 0.780 bits per heavy atom. The molecular formula is C72H126N2O7P+. The van der Waals surface area contributed by atoms with Gasteiger partial charge in [-0.3, -0.25) is 18.6 Å². The van der Waals surface area contributed by atoms with Gasteiger partial charge in [0.2, 0.25) is 5.91 Å². The Hall–Kier alpha value is -3.59. The summed E-state index contributed by atoms with van der Waals surface area (Å²) in [4.78, 5) is 37.8. The average Bonchev–Trinajstić information content (AvgIpc) is 3.47. The van der Waals surface area contributed by atoms with Crippen molar-refractivity contribution in [2.24, 2.45) is 0 Å². The number of allylic oxidation sites excluding steroid dienone is 19. The molecule has 3 atom stereocenters. The average molecular weight is 1160 g/mol. The number of likely N-dealkylation sites (N-methyl/N-ethyl adjacent to an activating group) is 1. The molecule has 0 fully saturated rings. The highest BCUT2D eigenvalue weighted by Crippen LogP contribution is 2.43. The summed E-state index contributed by atoms with van der Waals surface area (Å²) in [5.74, 6) is -0.547. The van der Waals surface area contributed by atoms with Crippen molar-refractivity contribution >= 4 is 19.7 Å². The van der Waals surface area contributed by atoms with Gasteiger partial charge in [0.1, 0.15) is 19.3 Å². The molecule has 0 aromatic carbocycles. The molecule has 0 radical (unpaired) electrons. The first kappa shape index (κ1) is 78.4. The number of quaternary nitrogens is 1. The molecule has 0 spiro atoms. The molecule has 0 aliphatic carbocycles. The number of ether oxygens (including phenoxy) is 1. The lowest BCUT2D eigenvalue weighted by Gasteiger charge is -2.27. The monoisotopic (exact) mass is 1160 g/mol. The summed E-state index contributed by atoms with van der Waals surface area (Å²) in [6.45, 7) is 6.84. The molecule has 0 aromatic rings. The number of phosphoric ester groups is 1. The van der Waals surface area contributed by atoms with E-state index in [0.717, 1.165) is 128 Å². The van der Waals surface area contributed by atoms with Crippen LogP contribution in [0.2, 0.25) is 0 Å². The smallest absolute Gasteiger partial charge is 0.456 e. The number of phosphoric acid groups is 1. The number of rotatable bonds is 59. The first-order valence-electron chi connectivity index (χ1n) is 33.4. The highest BCUT2D eigenvalue weighted by Gasteiger charge is 2.30. The number of hydrogen-bond acceptors (Lipinski definition) is 6. The Morgan fingerprint density at radius 1 is 0.439 bits per heavy atom. The van der Waals surface area contributed by atoms with Crippen molar-refractivity contribution < 1.29 is 37.3 Å². The molecule has 0 rings (SSSR count). The fourth-order valence-electron chi connectivity index (χ4n) is 9.01.